The van der Waals surface area contributed by atoms with E-state index in [0.29, 0.717) is 37.6 Å². The maximum Gasteiger partial charge on any atom is 0.243 e. The Bertz CT molecular complexity index is 1560. The topological polar surface area (TPSA) is 78.9 Å². The standard InChI is InChI=1S/C27H31N5O3S2/c1-19-20(2)36-27-25(19)26(28-24(29-27)18-30-13-15-35-16-14-30)31-9-11-32(12-10-31)37(33,34)23-8-7-21-5-3-4-6-22(21)17-23/h3-8,17H,9-16,18H2,1-2H3. The van der Waals surface area contributed by atoms with Crippen LogP contribution in [0, 0.1) is 13.8 Å². The van der Waals surface area contributed by atoms with Gasteiger partial charge in [-0.1, -0.05) is 30.3 Å². The van der Waals surface area contributed by atoms with Crippen molar-refractivity contribution >= 4 is 48.2 Å². The van der Waals surface area contributed by atoms with Gasteiger partial charge in [-0.15, -0.1) is 11.3 Å². The maximum atomic E-state index is 13.5. The lowest BCUT2D eigenvalue weighted by Gasteiger charge is -2.35. The molecule has 2 aromatic heterocycles. The van der Waals surface area contributed by atoms with Crippen LogP contribution in [0.2, 0.25) is 0 Å². The maximum absolute atomic E-state index is 13.5. The van der Waals surface area contributed by atoms with Gasteiger partial charge in [-0.25, -0.2) is 18.4 Å². The molecule has 4 heterocycles. The van der Waals surface area contributed by atoms with Crippen LogP contribution in [0.1, 0.15) is 16.3 Å². The number of aryl methyl sites for hydroxylation is 2. The number of benzene rings is 2. The van der Waals surface area contributed by atoms with Crippen LogP contribution < -0.4 is 4.90 Å². The fourth-order valence-electron chi connectivity index (χ4n) is 5.15. The molecule has 0 N–H and O–H groups in total. The Morgan fingerprint density at radius 1 is 0.919 bits per heavy atom. The fraction of sp³-hybridized carbons (Fsp3) is 0.407. The first kappa shape index (κ1) is 24.7. The number of thiophene rings is 1. The summed E-state index contributed by atoms with van der Waals surface area (Å²) in [6.07, 6.45) is 0. The molecule has 194 valence electrons. The van der Waals surface area contributed by atoms with Crippen molar-refractivity contribution < 1.29 is 13.2 Å². The SMILES string of the molecule is Cc1sc2nc(CN3CCOCC3)nc(N3CCN(S(=O)(=O)c4ccc5ccccc5c4)CC3)c2c1C. The van der Waals surface area contributed by atoms with Crippen molar-refractivity contribution in [1.82, 2.24) is 19.2 Å². The van der Waals surface area contributed by atoms with Gasteiger partial charge in [0.05, 0.1) is 30.0 Å². The number of anilines is 1. The highest BCUT2D eigenvalue weighted by atomic mass is 32.2. The molecule has 0 unspecified atom stereocenters. The van der Waals surface area contributed by atoms with E-state index in [-0.39, 0.29) is 0 Å². The molecule has 2 fully saturated rings. The summed E-state index contributed by atoms with van der Waals surface area (Å²) < 4.78 is 34.1. The van der Waals surface area contributed by atoms with Crippen molar-refractivity contribution in [2.45, 2.75) is 25.3 Å². The van der Waals surface area contributed by atoms with Gasteiger partial charge in [0.2, 0.25) is 10.0 Å². The molecule has 6 rings (SSSR count). The highest BCUT2D eigenvalue weighted by Gasteiger charge is 2.30. The summed E-state index contributed by atoms with van der Waals surface area (Å²) in [5.41, 5.74) is 1.21. The number of morpholine rings is 1. The number of sulfonamides is 1. The number of rotatable bonds is 5. The van der Waals surface area contributed by atoms with Gasteiger partial charge in [-0.2, -0.15) is 4.31 Å². The van der Waals surface area contributed by atoms with Gasteiger partial charge in [-0.3, -0.25) is 4.90 Å². The van der Waals surface area contributed by atoms with Crippen LogP contribution in [0.4, 0.5) is 5.82 Å². The molecule has 4 aromatic rings. The van der Waals surface area contributed by atoms with E-state index in [9.17, 15) is 8.42 Å². The van der Waals surface area contributed by atoms with E-state index in [4.69, 9.17) is 14.7 Å². The third kappa shape index (κ3) is 4.72. The summed E-state index contributed by atoms with van der Waals surface area (Å²) >= 11 is 1.71. The first-order chi connectivity index (χ1) is 17.9. The minimum Gasteiger partial charge on any atom is -0.379 e. The van der Waals surface area contributed by atoms with Gasteiger partial charge in [0, 0.05) is 44.1 Å². The Hall–Kier alpha value is -2.63. The van der Waals surface area contributed by atoms with Gasteiger partial charge in [0.25, 0.3) is 0 Å². The van der Waals surface area contributed by atoms with E-state index in [1.54, 1.807) is 27.8 Å². The normalized spacial score (nSPS) is 18.2. The van der Waals surface area contributed by atoms with Crippen LogP contribution in [0.15, 0.2) is 47.4 Å². The van der Waals surface area contributed by atoms with Crippen LogP contribution >= 0.6 is 11.3 Å². The average molecular weight is 538 g/mol. The molecule has 0 radical (unpaired) electrons. The second-order valence-electron chi connectivity index (χ2n) is 9.72. The van der Waals surface area contributed by atoms with E-state index in [1.165, 1.54) is 10.4 Å². The molecule has 0 spiro atoms. The van der Waals surface area contributed by atoms with E-state index in [1.807, 2.05) is 30.3 Å². The van der Waals surface area contributed by atoms with Gasteiger partial charge in [-0.05, 0) is 42.3 Å². The van der Waals surface area contributed by atoms with E-state index < -0.39 is 10.0 Å². The Kier molecular flexibility index (Phi) is 6.62. The molecule has 0 atom stereocenters. The van der Waals surface area contributed by atoms with Crippen molar-refractivity contribution in [2.75, 3.05) is 57.4 Å². The first-order valence-corrected chi connectivity index (χ1v) is 15.0. The lowest BCUT2D eigenvalue weighted by molar-refractivity contribution is 0.0331. The van der Waals surface area contributed by atoms with Crippen molar-refractivity contribution in [3.8, 4) is 0 Å². The second-order valence-corrected chi connectivity index (χ2v) is 12.9. The number of piperazine rings is 1. The molecule has 2 aromatic carbocycles. The zero-order valence-electron chi connectivity index (χ0n) is 21.2. The smallest absolute Gasteiger partial charge is 0.243 e. The predicted molar refractivity (Wildman–Crippen MR) is 148 cm³/mol. The third-order valence-corrected chi connectivity index (χ3v) is 10.4. The fourth-order valence-corrected chi connectivity index (χ4v) is 7.65. The Morgan fingerprint density at radius 2 is 1.65 bits per heavy atom. The molecular formula is C27H31N5O3S2. The molecule has 2 aliphatic heterocycles. The zero-order chi connectivity index (χ0) is 25.6. The minimum atomic E-state index is -3.58. The molecule has 8 nitrogen and oxygen atoms in total. The van der Waals surface area contributed by atoms with Gasteiger partial charge < -0.3 is 9.64 Å². The monoisotopic (exact) mass is 537 g/mol. The Balaban J connectivity index is 1.26. The number of nitrogens with zero attached hydrogens (tertiary/aromatic N) is 5. The summed E-state index contributed by atoms with van der Waals surface area (Å²) in [6.45, 7) is 10.2. The molecule has 0 saturated carbocycles. The van der Waals surface area contributed by atoms with E-state index >= 15 is 0 Å². The Morgan fingerprint density at radius 3 is 2.41 bits per heavy atom. The molecule has 2 saturated heterocycles. The summed E-state index contributed by atoms with van der Waals surface area (Å²) in [5, 5.41) is 3.06. The quantitative estimate of drug-likeness (QED) is 0.383. The van der Waals surface area contributed by atoms with Crippen molar-refractivity contribution in [1.29, 1.82) is 0 Å². The van der Waals surface area contributed by atoms with E-state index in [2.05, 4.69) is 23.6 Å². The molecule has 0 aliphatic carbocycles. The highest BCUT2D eigenvalue weighted by molar-refractivity contribution is 7.89. The largest absolute Gasteiger partial charge is 0.379 e. The van der Waals surface area contributed by atoms with Crippen LogP contribution in [0.3, 0.4) is 0 Å². The third-order valence-electron chi connectivity index (χ3n) is 7.42. The molecular weight excluding hydrogens is 506 g/mol. The number of aromatic nitrogens is 2. The molecule has 0 amide bonds. The van der Waals surface area contributed by atoms with Gasteiger partial charge in [0.1, 0.15) is 16.5 Å². The average Bonchev–Trinajstić information content (AvgIpc) is 3.21. The molecule has 37 heavy (non-hydrogen) atoms. The van der Waals surface area contributed by atoms with Crippen molar-refractivity contribution in [3.05, 3.63) is 58.7 Å². The Labute approximate surface area is 221 Å². The van der Waals surface area contributed by atoms with Gasteiger partial charge in [0.15, 0.2) is 0 Å². The highest BCUT2D eigenvalue weighted by Crippen LogP contribution is 2.36. The number of hydrogen-bond acceptors (Lipinski definition) is 8. The summed E-state index contributed by atoms with van der Waals surface area (Å²) in [7, 11) is -3.58. The molecule has 2 aliphatic rings. The second kappa shape index (κ2) is 9.92. The van der Waals surface area contributed by atoms with Gasteiger partial charge >= 0.3 is 0 Å². The lowest BCUT2D eigenvalue weighted by atomic mass is 10.1. The number of hydrogen-bond donors (Lipinski definition) is 0. The first-order valence-electron chi connectivity index (χ1n) is 12.7. The van der Waals surface area contributed by atoms with Crippen LogP contribution in [-0.4, -0.2) is 80.1 Å². The van der Waals surface area contributed by atoms with Crippen molar-refractivity contribution in [3.63, 3.8) is 0 Å². The summed E-state index contributed by atoms with van der Waals surface area (Å²) in [4.78, 5) is 17.1. The summed E-state index contributed by atoms with van der Waals surface area (Å²) in [5.74, 6) is 1.75. The molecule has 0 bridgehead atoms. The molecule has 10 heteroatoms. The van der Waals surface area contributed by atoms with Crippen LogP contribution in [-0.2, 0) is 21.3 Å². The number of ether oxygens (including phenoxy) is 1. The van der Waals surface area contributed by atoms with Crippen LogP contribution in [0.25, 0.3) is 21.0 Å². The summed E-state index contributed by atoms with van der Waals surface area (Å²) in [6, 6.07) is 13.2. The lowest BCUT2D eigenvalue weighted by Crippen LogP contribution is -2.49. The van der Waals surface area contributed by atoms with Crippen molar-refractivity contribution in [2.24, 2.45) is 0 Å². The zero-order valence-corrected chi connectivity index (χ0v) is 22.8. The predicted octanol–water partition coefficient (Wildman–Crippen LogP) is 3.80. The number of fused-ring (bicyclic) bond motifs is 2. The van der Waals surface area contributed by atoms with E-state index in [0.717, 1.165) is 58.9 Å². The minimum absolute atomic E-state index is 0.348. The van der Waals surface area contributed by atoms with Crippen LogP contribution in [0.5, 0.6) is 0 Å².